The SMILES string of the molecule is CC(C)[C@H](C)C(=O)C[C@@H](C)C(=O)Nc1ccc(C[C@H](N)CC(C)(C)C(=O)O)cc1F. The predicted octanol–water partition coefficient (Wildman–Crippen LogP) is 4.02. The number of halogens is 1. The first-order valence-corrected chi connectivity index (χ1v) is 10.4. The molecular formula is C23H35FN2O4. The normalized spacial score (nSPS) is 14.8. The molecule has 1 amide bonds. The number of nitrogens with one attached hydrogen (secondary N) is 1. The molecule has 0 heterocycles. The van der Waals surface area contributed by atoms with Gasteiger partial charge in [0.25, 0.3) is 0 Å². The number of aliphatic carboxylic acids is 1. The fraction of sp³-hybridized carbons (Fsp3) is 0.609. The van der Waals surface area contributed by atoms with Gasteiger partial charge in [-0.05, 0) is 50.3 Å². The molecule has 168 valence electrons. The number of ketones is 1. The summed E-state index contributed by atoms with van der Waals surface area (Å²) in [5, 5.41) is 11.7. The lowest BCUT2D eigenvalue weighted by Crippen LogP contribution is -2.34. The van der Waals surface area contributed by atoms with Crippen molar-refractivity contribution in [3.05, 3.63) is 29.6 Å². The molecule has 1 aromatic carbocycles. The average molecular weight is 423 g/mol. The maximum absolute atomic E-state index is 14.5. The first kappa shape index (κ1) is 25.8. The van der Waals surface area contributed by atoms with Crippen LogP contribution in [0.2, 0.25) is 0 Å². The summed E-state index contributed by atoms with van der Waals surface area (Å²) < 4.78 is 14.5. The van der Waals surface area contributed by atoms with Crippen molar-refractivity contribution in [1.82, 2.24) is 0 Å². The lowest BCUT2D eigenvalue weighted by molar-refractivity contribution is -0.147. The number of carboxylic acids is 1. The lowest BCUT2D eigenvalue weighted by Gasteiger charge is -2.23. The van der Waals surface area contributed by atoms with E-state index >= 15 is 0 Å². The Bertz CT molecular complexity index is 776. The van der Waals surface area contributed by atoms with Gasteiger partial charge in [0.05, 0.1) is 11.1 Å². The van der Waals surface area contributed by atoms with E-state index in [1.54, 1.807) is 26.8 Å². The van der Waals surface area contributed by atoms with Crippen LogP contribution in [0.25, 0.3) is 0 Å². The van der Waals surface area contributed by atoms with E-state index in [9.17, 15) is 23.9 Å². The molecule has 0 bridgehead atoms. The van der Waals surface area contributed by atoms with Crippen LogP contribution < -0.4 is 11.1 Å². The van der Waals surface area contributed by atoms with Gasteiger partial charge in [-0.1, -0.05) is 33.8 Å². The van der Waals surface area contributed by atoms with Crippen molar-refractivity contribution in [2.75, 3.05) is 5.32 Å². The molecule has 0 fully saturated rings. The summed E-state index contributed by atoms with van der Waals surface area (Å²) in [4.78, 5) is 35.8. The molecule has 4 N–H and O–H groups in total. The second kappa shape index (κ2) is 10.7. The lowest BCUT2D eigenvalue weighted by atomic mass is 9.84. The standard InChI is InChI=1S/C23H35FN2O4/c1-13(2)15(4)20(27)9-14(3)21(28)26-19-8-7-16(11-18(19)24)10-17(25)12-23(5,6)22(29)30/h7-8,11,13-15,17H,9-10,12,25H2,1-6H3,(H,26,28)(H,29,30)/t14-,15+,17+/m1/s1. The van der Waals surface area contributed by atoms with Gasteiger partial charge in [0.15, 0.2) is 0 Å². The zero-order chi connectivity index (χ0) is 23.2. The van der Waals surface area contributed by atoms with E-state index in [1.807, 2.05) is 20.8 Å². The van der Waals surface area contributed by atoms with Crippen molar-refractivity contribution in [1.29, 1.82) is 0 Å². The molecule has 1 rings (SSSR count). The highest BCUT2D eigenvalue weighted by Crippen LogP contribution is 2.25. The van der Waals surface area contributed by atoms with Crippen LogP contribution in [-0.2, 0) is 20.8 Å². The topological polar surface area (TPSA) is 109 Å². The van der Waals surface area contributed by atoms with Gasteiger partial charge in [-0.3, -0.25) is 14.4 Å². The van der Waals surface area contributed by atoms with Gasteiger partial charge in [-0.25, -0.2) is 4.39 Å². The summed E-state index contributed by atoms with van der Waals surface area (Å²) in [5.74, 6) is -2.42. The minimum atomic E-state index is -0.966. The molecular weight excluding hydrogens is 387 g/mol. The van der Waals surface area contributed by atoms with E-state index in [1.165, 1.54) is 12.1 Å². The van der Waals surface area contributed by atoms with Crippen molar-refractivity contribution in [2.45, 2.75) is 66.8 Å². The highest BCUT2D eigenvalue weighted by atomic mass is 19.1. The summed E-state index contributed by atoms with van der Waals surface area (Å²) in [6, 6.07) is 3.97. The Hall–Kier alpha value is -2.28. The minimum Gasteiger partial charge on any atom is -0.481 e. The average Bonchev–Trinajstić information content (AvgIpc) is 2.62. The molecule has 0 radical (unpaired) electrons. The van der Waals surface area contributed by atoms with Gasteiger partial charge in [-0.2, -0.15) is 0 Å². The molecule has 7 heteroatoms. The summed E-state index contributed by atoms with van der Waals surface area (Å²) in [5.41, 5.74) is 5.74. The molecule has 0 aromatic heterocycles. The Morgan fingerprint density at radius 3 is 2.27 bits per heavy atom. The summed E-state index contributed by atoms with van der Waals surface area (Å²) >= 11 is 0. The van der Waals surface area contributed by atoms with E-state index in [-0.39, 0.29) is 36.1 Å². The van der Waals surface area contributed by atoms with Crippen molar-refractivity contribution in [2.24, 2.45) is 28.9 Å². The Labute approximate surface area is 178 Å². The van der Waals surface area contributed by atoms with Crippen molar-refractivity contribution in [3.8, 4) is 0 Å². The summed E-state index contributed by atoms with van der Waals surface area (Å²) in [6.07, 6.45) is 0.682. The van der Waals surface area contributed by atoms with Gasteiger partial charge in [0.2, 0.25) is 5.91 Å². The van der Waals surface area contributed by atoms with E-state index < -0.39 is 35.1 Å². The number of carboxylic acid groups (broad SMARTS) is 1. The molecule has 0 unspecified atom stereocenters. The number of Topliss-reactive ketones (excluding diaryl/α,β-unsaturated/α-hetero) is 1. The number of anilines is 1. The number of hydrogen-bond donors (Lipinski definition) is 3. The molecule has 0 aliphatic heterocycles. The van der Waals surface area contributed by atoms with Crippen LogP contribution in [0.5, 0.6) is 0 Å². The van der Waals surface area contributed by atoms with Gasteiger partial charge >= 0.3 is 5.97 Å². The van der Waals surface area contributed by atoms with Crippen LogP contribution >= 0.6 is 0 Å². The third kappa shape index (κ3) is 7.52. The molecule has 1 aromatic rings. The fourth-order valence-electron chi connectivity index (χ4n) is 3.11. The van der Waals surface area contributed by atoms with Crippen LogP contribution in [0.4, 0.5) is 10.1 Å². The molecule has 0 aliphatic rings. The smallest absolute Gasteiger partial charge is 0.309 e. The third-order valence-corrected chi connectivity index (χ3v) is 5.60. The third-order valence-electron chi connectivity index (χ3n) is 5.60. The molecule has 0 saturated carbocycles. The molecule has 6 nitrogen and oxygen atoms in total. The molecule has 0 aliphatic carbocycles. The number of carbonyl (C=O) groups is 3. The summed E-state index contributed by atoms with van der Waals surface area (Å²) in [7, 11) is 0. The maximum atomic E-state index is 14.5. The maximum Gasteiger partial charge on any atom is 0.309 e. The first-order chi connectivity index (χ1) is 13.7. The number of hydrogen-bond acceptors (Lipinski definition) is 4. The Morgan fingerprint density at radius 2 is 1.77 bits per heavy atom. The van der Waals surface area contributed by atoms with E-state index in [2.05, 4.69) is 5.32 Å². The van der Waals surface area contributed by atoms with Crippen molar-refractivity contribution in [3.63, 3.8) is 0 Å². The first-order valence-electron chi connectivity index (χ1n) is 10.4. The second-order valence-corrected chi connectivity index (χ2v) is 9.26. The van der Waals surface area contributed by atoms with Crippen LogP contribution in [0.3, 0.4) is 0 Å². The van der Waals surface area contributed by atoms with Crippen LogP contribution in [0, 0.1) is 29.0 Å². The van der Waals surface area contributed by atoms with Crippen LogP contribution in [0.1, 0.15) is 59.9 Å². The quantitative estimate of drug-likeness (QED) is 0.499. The van der Waals surface area contributed by atoms with E-state index in [0.717, 1.165) is 0 Å². The predicted molar refractivity (Wildman–Crippen MR) is 116 cm³/mol. The monoisotopic (exact) mass is 422 g/mol. The van der Waals surface area contributed by atoms with E-state index in [4.69, 9.17) is 5.73 Å². The largest absolute Gasteiger partial charge is 0.481 e. The van der Waals surface area contributed by atoms with Gasteiger partial charge in [0.1, 0.15) is 11.6 Å². The van der Waals surface area contributed by atoms with Gasteiger partial charge in [0, 0.05) is 24.3 Å². The second-order valence-electron chi connectivity index (χ2n) is 9.26. The fourth-order valence-corrected chi connectivity index (χ4v) is 3.11. The van der Waals surface area contributed by atoms with E-state index in [0.29, 0.717) is 12.0 Å². The highest BCUT2D eigenvalue weighted by molar-refractivity contribution is 5.95. The van der Waals surface area contributed by atoms with Crippen LogP contribution in [0.15, 0.2) is 18.2 Å². The molecule has 3 atom stereocenters. The number of carbonyl (C=O) groups excluding carboxylic acids is 2. The Morgan fingerprint density at radius 1 is 1.17 bits per heavy atom. The number of benzene rings is 1. The summed E-state index contributed by atoms with van der Waals surface area (Å²) in [6.45, 7) is 10.6. The number of amides is 1. The molecule has 0 saturated heterocycles. The zero-order valence-corrected chi connectivity index (χ0v) is 18.8. The van der Waals surface area contributed by atoms with Gasteiger partial charge < -0.3 is 16.2 Å². The number of rotatable bonds is 11. The van der Waals surface area contributed by atoms with Crippen molar-refractivity contribution < 1.29 is 23.9 Å². The van der Waals surface area contributed by atoms with Crippen molar-refractivity contribution >= 4 is 23.3 Å². The minimum absolute atomic E-state index is 0.0155. The Balaban J connectivity index is 2.72. The molecule has 0 spiro atoms. The molecule has 30 heavy (non-hydrogen) atoms. The number of nitrogens with two attached hydrogens (primary N) is 1. The van der Waals surface area contributed by atoms with Crippen LogP contribution in [-0.4, -0.2) is 28.8 Å². The van der Waals surface area contributed by atoms with Gasteiger partial charge in [-0.15, -0.1) is 0 Å². The zero-order valence-electron chi connectivity index (χ0n) is 18.8. The Kier molecular flexibility index (Phi) is 9.15. The highest BCUT2D eigenvalue weighted by Gasteiger charge is 2.29.